The lowest BCUT2D eigenvalue weighted by molar-refractivity contribution is -0.113. The first kappa shape index (κ1) is 24.2. The standard InChI is InChI=1S/C23H24ClN5O4S/c1-32-22(31)18-4-2-3-5-19(18)25-21(30)15-34-23-27-26-20(14-28-10-12-33-13-11-28)29(23)17-8-6-16(24)7-9-17/h2-9H,10-15H2,1H3,(H,25,30). The Morgan fingerprint density at radius 1 is 1.12 bits per heavy atom. The van der Waals surface area contributed by atoms with Gasteiger partial charge in [-0.1, -0.05) is 35.5 Å². The summed E-state index contributed by atoms with van der Waals surface area (Å²) < 4.78 is 12.2. The van der Waals surface area contributed by atoms with Crippen LogP contribution in [0.15, 0.2) is 53.7 Å². The molecule has 2 aromatic carbocycles. The fraction of sp³-hybridized carbons (Fsp3) is 0.304. The molecular weight excluding hydrogens is 478 g/mol. The van der Waals surface area contributed by atoms with Crippen LogP contribution in [0.3, 0.4) is 0 Å². The predicted octanol–water partition coefficient (Wildman–Crippen LogP) is 3.27. The molecule has 1 aromatic heterocycles. The molecule has 1 fully saturated rings. The van der Waals surface area contributed by atoms with Gasteiger partial charge < -0.3 is 14.8 Å². The zero-order chi connectivity index (χ0) is 23.9. The lowest BCUT2D eigenvalue weighted by Gasteiger charge is -2.26. The lowest BCUT2D eigenvalue weighted by atomic mass is 10.2. The van der Waals surface area contributed by atoms with E-state index in [1.807, 2.05) is 16.7 Å². The van der Waals surface area contributed by atoms with Gasteiger partial charge in [-0.05, 0) is 36.4 Å². The second-order valence-electron chi connectivity index (χ2n) is 7.47. The number of para-hydroxylation sites is 1. The summed E-state index contributed by atoms with van der Waals surface area (Å²) in [7, 11) is 1.30. The molecule has 0 saturated carbocycles. The summed E-state index contributed by atoms with van der Waals surface area (Å²) in [6.07, 6.45) is 0. The third-order valence-electron chi connectivity index (χ3n) is 5.19. The van der Waals surface area contributed by atoms with Crippen molar-refractivity contribution in [2.75, 3.05) is 44.5 Å². The maximum absolute atomic E-state index is 12.7. The number of methoxy groups -OCH3 is 1. The maximum Gasteiger partial charge on any atom is 0.339 e. The number of nitrogens with one attached hydrogen (secondary N) is 1. The SMILES string of the molecule is COC(=O)c1ccccc1NC(=O)CSc1nnc(CN2CCOCC2)n1-c1ccc(Cl)cc1. The van der Waals surface area contributed by atoms with E-state index in [0.29, 0.717) is 41.2 Å². The number of nitrogens with zero attached hydrogens (tertiary/aromatic N) is 4. The molecular formula is C23H24ClN5O4S. The van der Waals surface area contributed by atoms with E-state index >= 15 is 0 Å². The number of aromatic nitrogens is 3. The number of morpholine rings is 1. The van der Waals surface area contributed by atoms with Crippen LogP contribution in [0.2, 0.25) is 5.02 Å². The van der Waals surface area contributed by atoms with Gasteiger partial charge in [0.2, 0.25) is 5.91 Å². The molecule has 178 valence electrons. The van der Waals surface area contributed by atoms with Crippen molar-refractivity contribution in [3.8, 4) is 5.69 Å². The second kappa shape index (κ2) is 11.5. The minimum atomic E-state index is -0.515. The average molecular weight is 502 g/mol. The minimum absolute atomic E-state index is 0.0821. The van der Waals surface area contributed by atoms with Gasteiger partial charge in [0.25, 0.3) is 0 Å². The molecule has 1 amide bonds. The molecule has 34 heavy (non-hydrogen) atoms. The van der Waals surface area contributed by atoms with E-state index < -0.39 is 5.97 Å². The zero-order valence-corrected chi connectivity index (χ0v) is 20.1. The summed E-state index contributed by atoms with van der Waals surface area (Å²) in [6, 6.07) is 14.1. The number of rotatable bonds is 8. The van der Waals surface area contributed by atoms with Gasteiger partial charge >= 0.3 is 5.97 Å². The molecule has 0 atom stereocenters. The van der Waals surface area contributed by atoms with Crippen molar-refractivity contribution in [1.29, 1.82) is 0 Å². The zero-order valence-electron chi connectivity index (χ0n) is 18.6. The van der Waals surface area contributed by atoms with Gasteiger partial charge in [0, 0.05) is 23.8 Å². The molecule has 11 heteroatoms. The van der Waals surface area contributed by atoms with E-state index in [2.05, 4.69) is 20.4 Å². The lowest BCUT2D eigenvalue weighted by Crippen LogP contribution is -2.36. The van der Waals surface area contributed by atoms with E-state index in [1.54, 1.807) is 36.4 Å². The molecule has 0 unspecified atom stereocenters. The number of amides is 1. The molecule has 9 nitrogen and oxygen atoms in total. The van der Waals surface area contributed by atoms with Crippen LogP contribution in [0.4, 0.5) is 5.69 Å². The molecule has 1 aliphatic heterocycles. The average Bonchev–Trinajstić information content (AvgIpc) is 3.26. The van der Waals surface area contributed by atoms with E-state index in [9.17, 15) is 9.59 Å². The van der Waals surface area contributed by atoms with Gasteiger partial charge in [0.1, 0.15) is 0 Å². The van der Waals surface area contributed by atoms with Gasteiger partial charge in [-0.25, -0.2) is 4.79 Å². The molecule has 1 aliphatic rings. The molecule has 0 radical (unpaired) electrons. The number of carbonyl (C=O) groups excluding carboxylic acids is 2. The minimum Gasteiger partial charge on any atom is -0.465 e. The molecule has 3 aromatic rings. The van der Waals surface area contributed by atoms with Crippen molar-refractivity contribution >= 4 is 40.9 Å². The highest BCUT2D eigenvalue weighted by atomic mass is 35.5. The number of anilines is 1. The van der Waals surface area contributed by atoms with Crippen LogP contribution in [-0.2, 0) is 20.8 Å². The third-order valence-corrected chi connectivity index (χ3v) is 6.37. The number of hydrogen-bond acceptors (Lipinski definition) is 8. The fourth-order valence-corrected chi connectivity index (χ4v) is 4.40. The summed E-state index contributed by atoms with van der Waals surface area (Å²) in [6.45, 7) is 3.61. The quantitative estimate of drug-likeness (QED) is 0.371. The highest BCUT2D eigenvalue weighted by Gasteiger charge is 2.20. The number of thioether (sulfide) groups is 1. The van der Waals surface area contributed by atoms with E-state index in [1.165, 1.54) is 18.9 Å². The van der Waals surface area contributed by atoms with Crippen LogP contribution in [0.25, 0.3) is 5.69 Å². The summed E-state index contributed by atoms with van der Waals surface area (Å²) >= 11 is 7.34. The molecule has 2 heterocycles. The van der Waals surface area contributed by atoms with Gasteiger partial charge in [-0.3, -0.25) is 14.3 Å². The van der Waals surface area contributed by atoms with Crippen LogP contribution < -0.4 is 5.32 Å². The number of halogens is 1. The molecule has 1 N–H and O–H groups in total. The number of benzene rings is 2. The van der Waals surface area contributed by atoms with Crippen molar-refractivity contribution in [3.05, 3.63) is 64.9 Å². The molecule has 0 aliphatic carbocycles. The fourth-order valence-electron chi connectivity index (χ4n) is 3.50. The first-order valence-corrected chi connectivity index (χ1v) is 12.0. The Labute approximate surface area is 206 Å². The molecule has 0 bridgehead atoms. The Balaban J connectivity index is 1.51. The highest BCUT2D eigenvalue weighted by Crippen LogP contribution is 2.25. The Bertz CT molecular complexity index is 1150. The molecule has 0 spiro atoms. The van der Waals surface area contributed by atoms with Crippen molar-refractivity contribution in [2.45, 2.75) is 11.7 Å². The number of hydrogen-bond donors (Lipinski definition) is 1. The van der Waals surface area contributed by atoms with Gasteiger partial charge in [0.05, 0.1) is 43.9 Å². The Morgan fingerprint density at radius 3 is 2.59 bits per heavy atom. The molecule has 4 rings (SSSR count). The Morgan fingerprint density at radius 2 is 1.85 bits per heavy atom. The monoisotopic (exact) mass is 501 g/mol. The first-order chi connectivity index (χ1) is 16.5. The van der Waals surface area contributed by atoms with Crippen LogP contribution in [0, 0.1) is 0 Å². The Kier molecular flexibility index (Phi) is 8.17. The van der Waals surface area contributed by atoms with Crippen LogP contribution in [-0.4, -0.2) is 70.7 Å². The van der Waals surface area contributed by atoms with E-state index in [0.717, 1.165) is 24.6 Å². The Hall–Kier alpha value is -2.92. The van der Waals surface area contributed by atoms with Gasteiger partial charge in [0.15, 0.2) is 11.0 Å². The smallest absolute Gasteiger partial charge is 0.339 e. The highest BCUT2D eigenvalue weighted by molar-refractivity contribution is 7.99. The maximum atomic E-state index is 12.7. The predicted molar refractivity (Wildman–Crippen MR) is 130 cm³/mol. The normalized spacial score (nSPS) is 14.1. The third kappa shape index (κ3) is 5.95. The van der Waals surface area contributed by atoms with Crippen molar-refractivity contribution in [3.63, 3.8) is 0 Å². The largest absolute Gasteiger partial charge is 0.465 e. The summed E-state index contributed by atoms with van der Waals surface area (Å²) in [5, 5.41) is 12.7. The van der Waals surface area contributed by atoms with Crippen LogP contribution in [0.5, 0.6) is 0 Å². The van der Waals surface area contributed by atoms with Crippen LogP contribution in [0.1, 0.15) is 16.2 Å². The van der Waals surface area contributed by atoms with Crippen molar-refractivity contribution in [1.82, 2.24) is 19.7 Å². The molecule has 1 saturated heterocycles. The second-order valence-corrected chi connectivity index (χ2v) is 8.85. The van der Waals surface area contributed by atoms with Crippen molar-refractivity contribution < 1.29 is 19.1 Å². The number of ether oxygens (including phenoxy) is 2. The van der Waals surface area contributed by atoms with Crippen molar-refractivity contribution in [2.24, 2.45) is 0 Å². The topological polar surface area (TPSA) is 98.6 Å². The van der Waals surface area contributed by atoms with E-state index in [-0.39, 0.29) is 11.7 Å². The summed E-state index contributed by atoms with van der Waals surface area (Å²) in [5.74, 6) is 0.0578. The summed E-state index contributed by atoms with van der Waals surface area (Å²) in [4.78, 5) is 26.9. The van der Waals surface area contributed by atoms with E-state index in [4.69, 9.17) is 21.1 Å². The number of esters is 1. The number of carbonyl (C=O) groups is 2. The van der Waals surface area contributed by atoms with Crippen LogP contribution >= 0.6 is 23.4 Å². The summed E-state index contributed by atoms with van der Waals surface area (Å²) in [5.41, 5.74) is 1.55. The first-order valence-electron chi connectivity index (χ1n) is 10.7. The van der Waals surface area contributed by atoms with Gasteiger partial charge in [-0.15, -0.1) is 10.2 Å². The van der Waals surface area contributed by atoms with Gasteiger partial charge in [-0.2, -0.15) is 0 Å².